The van der Waals surface area contributed by atoms with Gasteiger partial charge >= 0.3 is 6.03 Å². The molecule has 0 bridgehead atoms. The van der Waals surface area contributed by atoms with E-state index in [9.17, 15) is 9.59 Å². The van der Waals surface area contributed by atoms with E-state index in [1.165, 1.54) is 4.90 Å². The summed E-state index contributed by atoms with van der Waals surface area (Å²) < 4.78 is 10.6. The summed E-state index contributed by atoms with van der Waals surface area (Å²) in [6.07, 6.45) is 1.17. The van der Waals surface area contributed by atoms with Gasteiger partial charge in [-0.15, -0.1) is 0 Å². The van der Waals surface area contributed by atoms with Crippen LogP contribution in [0.1, 0.15) is 12.8 Å². The first-order valence-corrected chi connectivity index (χ1v) is 5.09. The lowest BCUT2D eigenvalue weighted by molar-refractivity contribution is -0.182. The number of hydrogen-bond donors (Lipinski definition) is 1. The molecule has 0 atom stereocenters. The molecule has 2 aliphatic heterocycles. The first-order chi connectivity index (χ1) is 7.27. The largest absolute Gasteiger partial charge is 0.353 e. The second-order valence-corrected chi connectivity index (χ2v) is 3.52. The molecule has 6 heteroatoms. The molecule has 0 spiro atoms. The van der Waals surface area contributed by atoms with Gasteiger partial charge in [0.2, 0.25) is 5.91 Å². The first kappa shape index (κ1) is 10.4. The summed E-state index contributed by atoms with van der Waals surface area (Å²) >= 11 is 0. The minimum Gasteiger partial charge on any atom is -0.353 e. The van der Waals surface area contributed by atoms with Crippen molar-refractivity contribution in [1.82, 2.24) is 10.2 Å². The number of urea groups is 1. The first-order valence-electron chi connectivity index (χ1n) is 5.09. The summed E-state index contributed by atoms with van der Waals surface area (Å²) in [4.78, 5) is 23.6. The van der Waals surface area contributed by atoms with Crippen molar-refractivity contribution in [3.8, 4) is 0 Å². The van der Waals surface area contributed by atoms with E-state index in [0.717, 1.165) is 6.42 Å². The zero-order valence-corrected chi connectivity index (χ0v) is 8.40. The van der Waals surface area contributed by atoms with Crippen molar-refractivity contribution in [2.75, 3.05) is 26.3 Å². The fourth-order valence-electron chi connectivity index (χ4n) is 1.62. The van der Waals surface area contributed by atoms with Crippen LogP contribution in [0.3, 0.4) is 0 Å². The zero-order valence-electron chi connectivity index (χ0n) is 8.40. The molecule has 0 saturated carbocycles. The highest BCUT2D eigenvalue weighted by molar-refractivity contribution is 6.01. The number of carbonyl (C=O) groups is 2. The Bertz CT molecular complexity index is 247. The van der Waals surface area contributed by atoms with Crippen LogP contribution in [0, 0.1) is 0 Å². The number of nitrogens with one attached hydrogen (secondary N) is 1. The van der Waals surface area contributed by atoms with Gasteiger partial charge in [0.1, 0.15) is 0 Å². The third kappa shape index (κ3) is 2.45. The summed E-state index contributed by atoms with van der Waals surface area (Å²) in [5.41, 5.74) is 0. The average Bonchev–Trinajstić information content (AvgIpc) is 2.58. The van der Waals surface area contributed by atoms with Gasteiger partial charge in [-0.05, 0) is 6.42 Å². The third-order valence-corrected chi connectivity index (χ3v) is 2.42. The van der Waals surface area contributed by atoms with Gasteiger partial charge in [0.15, 0.2) is 6.29 Å². The fraction of sp³-hybridized carbons (Fsp3) is 0.778. The number of nitrogens with zero attached hydrogens (tertiary/aromatic N) is 1. The Labute approximate surface area is 87.5 Å². The Morgan fingerprint density at radius 1 is 1.33 bits per heavy atom. The Hall–Kier alpha value is -1.14. The van der Waals surface area contributed by atoms with Crippen LogP contribution >= 0.6 is 0 Å². The Morgan fingerprint density at radius 3 is 2.67 bits per heavy atom. The van der Waals surface area contributed by atoms with Crippen molar-refractivity contribution in [3.05, 3.63) is 0 Å². The van der Waals surface area contributed by atoms with Crippen LogP contribution in [0.5, 0.6) is 0 Å². The zero-order chi connectivity index (χ0) is 10.7. The molecule has 0 aromatic carbocycles. The molecule has 1 N–H and O–H groups in total. The number of hydrogen-bond acceptors (Lipinski definition) is 4. The highest BCUT2D eigenvalue weighted by Gasteiger charge is 2.29. The maximum atomic E-state index is 11.2. The molecule has 2 aliphatic rings. The van der Waals surface area contributed by atoms with Crippen molar-refractivity contribution in [2.24, 2.45) is 0 Å². The van der Waals surface area contributed by atoms with E-state index in [0.29, 0.717) is 26.2 Å². The molecule has 2 rings (SSSR count). The highest BCUT2D eigenvalue weighted by Crippen LogP contribution is 2.10. The Kier molecular flexibility index (Phi) is 3.17. The van der Waals surface area contributed by atoms with Crippen LogP contribution in [-0.4, -0.2) is 49.4 Å². The molecule has 0 aliphatic carbocycles. The second kappa shape index (κ2) is 4.59. The average molecular weight is 214 g/mol. The highest BCUT2D eigenvalue weighted by atomic mass is 16.7. The van der Waals surface area contributed by atoms with Crippen LogP contribution in [0.2, 0.25) is 0 Å². The molecule has 84 valence electrons. The number of ether oxygens (including phenoxy) is 2. The van der Waals surface area contributed by atoms with Gasteiger partial charge < -0.3 is 14.8 Å². The lowest BCUT2D eigenvalue weighted by atomic mass is 10.3. The van der Waals surface area contributed by atoms with Gasteiger partial charge in [-0.25, -0.2) is 4.79 Å². The smallest absolute Gasteiger partial charge is 0.324 e. The lowest BCUT2D eigenvalue weighted by Gasteiger charge is -2.24. The molecule has 0 aromatic rings. The summed E-state index contributed by atoms with van der Waals surface area (Å²) in [7, 11) is 0. The fourth-order valence-corrected chi connectivity index (χ4v) is 1.62. The second-order valence-electron chi connectivity index (χ2n) is 3.52. The summed E-state index contributed by atoms with van der Waals surface area (Å²) in [6.45, 7) is 1.83. The van der Waals surface area contributed by atoms with Crippen molar-refractivity contribution in [3.63, 3.8) is 0 Å². The predicted molar refractivity (Wildman–Crippen MR) is 50.0 cm³/mol. The molecule has 15 heavy (non-hydrogen) atoms. The van der Waals surface area contributed by atoms with E-state index < -0.39 is 0 Å². The van der Waals surface area contributed by atoms with Crippen molar-refractivity contribution in [2.45, 2.75) is 19.1 Å². The van der Waals surface area contributed by atoms with E-state index in [2.05, 4.69) is 5.32 Å². The molecule has 0 aromatic heterocycles. The quantitative estimate of drug-likeness (QED) is 0.654. The molecular weight excluding hydrogens is 200 g/mol. The number of rotatable bonds is 3. The van der Waals surface area contributed by atoms with Gasteiger partial charge in [0, 0.05) is 13.0 Å². The third-order valence-electron chi connectivity index (χ3n) is 2.42. The maximum absolute atomic E-state index is 11.2. The van der Waals surface area contributed by atoms with Gasteiger partial charge in [0.05, 0.1) is 19.8 Å². The van der Waals surface area contributed by atoms with E-state index in [4.69, 9.17) is 9.47 Å². The van der Waals surface area contributed by atoms with Crippen LogP contribution in [0.25, 0.3) is 0 Å². The minimum absolute atomic E-state index is 0.102. The van der Waals surface area contributed by atoms with Gasteiger partial charge in [-0.2, -0.15) is 0 Å². The van der Waals surface area contributed by atoms with Crippen LogP contribution in [-0.2, 0) is 14.3 Å². The van der Waals surface area contributed by atoms with E-state index >= 15 is 0 Å². The van der Waals surface area contributed by atoms with Crippen molar-refractivity contribution >= 4 is 11.9 Å². The summed E-state index contributed by atoms with van der Waals surface area (Å²) in [5.74, 6) is -0.184. The topological polar surface area (TPSA) is 67.9 Å². The summed E-state index contributed by atoms with van der Waals surface area (Å²) in [6, 6.07) is -0.323. The van der Waals surface area contributed by atoms with Crippen molar-refractivity contribution in [1.29, 1.82) is 0 Å². The SMILES string of the molecule is O=C1CNC(=O)N1CCC1OCCCO1. The van der Waals surface area contributed by atoms with Crippen LogP contribution < -0.4 is 5.32 Å². The molecule has 2 fully saturated rings. The number of imide groups is 1. The predicted octanol–water partition coefficient (Wildman–Crippen LogP) is -0.309. The molecular formula is C9H14N2O4. The standard InChI is InChI=1S/C9H14N2O4/c12-7-6-10-9(13)11(7)3-2-8-14-4-1-5-15-8/h8H,1-6H2,(H,10,13). The van der Waals surface area contributed by atoms with Gasteiger partial charge in [-0.1, -0.05) is 0 Å². The van der Waals surface area contributed by atoms with E-state index in [-0.39, 0.29) is 24.8 Å². The van der Waals surface area contributed by atoms with Crippen LogP contribution in [0.15, 0.2) is 0 Å². The molecule has 0 radical (unpaired) electrons. The molecule has 6 nitrogen and oxygen atoms in total. The van der Waals surface area contributed by atoms with Crippen LogP contribution in [0.4, 0.5) is 4.79 Å². The number of carbonyl (C=O) groups excluding carboxylic acids is 2. The van der Waals surface area contributed by atoms with Crippen molar-refractivity contribution < 1.29 is 19.1 Å². The Morgan fingerprint density at radius 2 is 2.07 bits per heavy atom. The number of amides is 3. The molecule has 0 unspecified atom stereocenters. The Balaban J connectivity index is 1.76. The lowest BCUT2D eigenvalue weighted by Crippen LogP contribution is -2.35. The van der Waals surface area contributed by atoms with E-state index in [1.54, 1.807) is 0 Å². The minimum atomic E-state index is -0.323. The van der Waals surface area contributed by atoms with Gasteiger partial charge in [-0.3, -0.25) is 9.69 Å². The van der Waals surface area contributed by atoms with E-state index in [1.807, 2.05) is 0 Å². The summed E-state index contributed by atoms with van der Waals surface area (Å²) in [5, 5.41) is 2.46. The molecule has 2 heterocycles. The maximum Gasteiger partial charge on any atom is 0.324 e. The monoisotopic (exact) mass is 214 g/mol. The molecule has 3 amide bonds. The normalized spacial score (nSPS) is 23.3. The van der Waals surface area contributed by atoms with Gasteiger partial charge in [0.25, 0.3) is 0 Å². The molecule has 2 saturated heterocycles.